The summed E-state index contributed by atoms with van der Waals surface area (Å²) in [7, 11) is 0. The van der Waals surface area contributed by atoms with Crippen molar-refractivity contribution < 1.29 is 19.0 Å². The molecule has 21 heavy (non-hydrogen) atoms. The van der Waals surface area contributed by atoms with Crippen LogP contribution in [-0.4, -0.2) is 17.6 Å². The molecule has 0 unspecified atom stereocenters. The van der Waals surface area contributed by atoms with Crippen molar-refractivity contribution in [1.82, 2.24) is 0 Å². The zero-order chi connectivity index (χ0) is 15.2. The van der Waals surface area contributed by atoms with Crippen LogP contribution in [0.2, 0.25) is 0 Å². The topological polar surface area (TPSA) is 58.6 Å². The van der Waals surface area contributed by atoms with Gasteiger partial charge in [0.05, 0.1) is 6.61 Å². The zero-order valence-corrected chi connectivity index (χ0v) is 12.6. The van der Waals surface area contributed by atoms with Crippen molar-refractivity contribution in [3.05, 3.63) is 58.3 Å². The molecule has 6 heteroatoms. The Kier molecular flexibility index (Phi) is 5.30. The van der Waals surface area contributed by atoms with Crippen molar-refractivity contribution in [2.24, 2.45) is 0 Å². The number of aliphatic hydroxyl groups is 1. The zero-order valence-electron chi connectivity index (χ0n) is 11.0. The van der Waals surface area contributed by atoms with E-state index in [2.05, 4.69) is 21.2 Å². The van der Waals surface area contributed by atoms with Gasteiger partial charge in [0.25, 0.3) is 5.91 Å². The summed E-state index contributed by atoms with van der Waals surface area (Å²) in [6.07, 6.45) is 0. The number of carbonyl (C=O) groups excluding carboxylic acids is 1. The van der Waals surface area contributed by atoms with Gasteiger partial charge in [0, 0.05) is 16.2 Å². The van der Waals surface area contributed by atoms with Crippen LogP contribution in [0.1, 0.15) is 5.56 Å². The van der Waals surface area contributed by atoms with Crippen LogP contribution in [-0.2, 0) is 11.4 Å². The summed E-state index contributed by atoms with van der Waals surface area (Å²) in [5.41, 5.74) is 1.03. The van der Waals surface area contributed by atoms with E-state index in [1.807, 2.05) is 0 Å². The molecule has 0 aliphatic rings. The number of hydrogen-bond donors (Lipinski definition) is 2. The fourth-order valence-corrected chi connectivity index (χ4v) is 1.94. The van der Waals surface area contributed by atoms with Crippen molar-refractivity contribution >= 4 is 27.5 Å². The molecule has 0 radical (unpaired) electrons. The highest BCUT2D eigenvalue weighted by atomic mass is 79.9. The molecule has 2 N–H and O–H groups in total. The first-order valence-electron chi connectivity index (χ1n) is 6.15. The highest BCUT2D eigenvalue weighted by Crippen LogP contribution is 2.17. The summed E-state index contributed by atoms with van der Waals surface area (Å²) >= 11 is 3.30. The maximum absolute atomic E-state index is 13.2. The van der Waals surface area contributed by atoms with Crippen molar-refractivity contribution in [3.8, 4) is 5.75 Å². The number of aliphatic hydroxyl groups excluding tert-OH is 1. The van der Waals surface area contributed by atoms with Gasteiger partial charge in [-0.15, -0.1) is 0 Å². The van der Waals surface area contributed by atoms with E-state index in [9.17, 15) is 9.18 Å². The van der Waals surface area contributed by atoms with Crippen LogP contribution in [0.4, 0.5) is 10.1 Å². The predicted octanol–water partition coefficient (Wildman–Crippen LogP) is 3.10. The lowest BCUT2D eigenvalue weighted by atomic mass is 10.2. The molecule has 0 bridgehead atoms. The van der Waals surface area contributed by atoms with Gasteiger partial charge in [-0.2, -0.15) is 0 Å². The molecule has 1 amide bonds. The van der Waals surface area contributed by atoms with Gasteiger partial charge in [-0.3, -0.25) is 4.79 Å². The predicted molar refractivity (Wildman–Crippen MR) is 80.6 cm³/mol. The van der Waals surface area contributed by atoms with E-state index in [1.54, 1.807) is 24.3 Å². The minimum atomic E-state index is -0.523. The van der Waals surface area contributed by atoms with Crippen LogP contribution < -0.4 is 10.1 Å². The molecule has 0 aliphatic heterocycles. The van der Waals surface area contributed by atoms with E-state index in [1.165, 1.54) is 12.1 Å². The van der Waals surface area contributed by atoms with E-state index >= 15 is 0 Å². The van der Waals surface area contributed by atoms with Crippen LogP contribution in [0.3, 0.4) is 0 Å². The molecule has 2 rings (SSSR count). The SMILES string of the molecule is O=C(COc1cc(F)cc(CO)c1)Nc1ccc(Br)cc1. The minimum Gasteiger partial charge on any atom is -0.484 e. The van der Waals surface area contributed by atoms with E-state index in [0.717, 1.165) is 10.5 Å². The van der Waals surface area contributed by atoms with Crippen molar-refractivity contribution in [3.63, 3.8) is 0 Å². The van der Waals surface area contributed by atoms with Crippen molar-refractivity contribution in [2.45, 2.75) is 6.61 Å². The van der Waals surface area contributed by atoms with E-state index in [0.29, 0.717) is 11.3 Å². The normalized spacial score (nSPS) is 10.2. The van der Waals surface area contributed by atoms with Crippen LogP contribution in [0, 0.1) is 5.82 Å². The number of nitrogens with one attached hydrogen (secondary N) is 1. The van der Waals surface area contributed by atoms with Gasteiger partial charge in [0.2, 0.25) is 0 Å². The van der Waals surface area contributed by atoms with Gasteiger partial charge in [-0.25, -0.2) is 4.39 Å². The van der Waals surface area contributed by atoms with Crippen LogP contribution in [0.5, 0.6) is 5.75 Å². The van der Waals surface area contributed by atoms with Gasteiger partial charge in [0.15, 0.2) is 6.61 Å². The summed E-state index contributed by atoms with van der Waals surface area (Å²) < 4.78 is 19.4. The monoisotopic (exact) mass is 353 g/mol. The van der Waals surface area contributed by atoms with Gasteiger partial charge in [-0.05, 0) is 42.0 Å². The summed E-state index contributed by atoms with van der Waals surface area (Å²) in [6.45, 7) is -0.538. The lowest BCUT2D eigenvalue weighted by Gasteiger charge is -2.09. The maximum Gasteiger partial charge on any atom is 0.262 e. The molecule has 0 aliphatic carbocycles. The molecule has 0 aromatic heterocycles. The standard InChI is InChI=1S/C15H13BrFNO3/c16-11-1-3-13(4-2-11)18-15(20)9-21-14-6-10(8-19)5-12(17)7-14/h1-7,19H,8-9H2,(H,18,20). The van der Waals surface area contributed by atoms with Crippen LogP contribution >= 0.6 is 15.9 Å². The summed E-state index contributed by atoms with van der Waals surface area (Å²) in [6, 6.07) is 10.9. The van der Waals surface area contributed by atoms with E-state index in [-0.39, 0.29) is 24.9 Å². The lowest BCUT2D eigenvalue weighted by molar-refractivity contribution is -0.118. The fourth-order valence-electron chi connectivity index (χ4n) is 1.67. The molecular formula is C15H13BrFNO3. The second kappa shape index (κ2) is 7.19. The van der Waals surface area contributed by atoms with Gasteiger partial charge in [0.1, 0.15) is 11.6 Å². The maximum atomic E-state index is 13.2. The summed E-state index contributed by atoms with van der Waals surface area (Å²) in [5.74, 6) is -0.679. The number of amides is 1. The third-order valence-corrected chi connectivity index (χ3v) is 3.14. The Morgan fingerprint density at radius 2 is 1.95 bits per heavy atom. The Balaban J connectivity index is 1.92. The quantitative estimate of drug-likeness (QED) is 0.868. The number of benzene rings is 2. The second-order valence-corrected chi connectivity index (χ2v) is 5.21. The average molecular weight is 354 g/mol. The minimum absolute atomic E-state index is 0.199. The number of hydrogen-bond acceptors (Lipinski definition) is 3. The lowest BCUT2D eigenvalue weighted by Crippen LogP contribution is -2.20. The number of rotatable bonds is 5. The van der Waals surface area contributed by atoms with Crippen molar-refractivity contribution in [1.29, 1.82) is 0 Å². The summed E-state index contributed by atoms with van der Waals surface area (Å²) in [5, 5.41) is 11.6. The number of ether oxygens (including phenoxy) is 1. The first-order valence-corrected chi connectivity index (χ1v) is 6.94. The highest BCUT2D eigenvalue weighted by Gasteiger charge is 2.06. The van der Waals surface area contributed by atoms with Gasteiger partial charge >= 0.3 is 0 Å². The molecule has 0 saturated heterocycles. The molecule has 0 fully saturated rings. The third kappa shape index (κ3) is 4.84. The fraction of sp³-hybridized carbons (Fsp3) is 0.133. The smallest absolute Gasteiger partial charge is 0.262 e. The number of carbonyl (C=O) groups is 1. The Morgan fingerprint density at radius 1 is 1.24 bits per heavy atom. The molecular weight excluding hydrogens is 341 g/mol. The molecule has 2 aromatic carbocycles. The molecule has 0 atom stereocenters. The molecule has 0 heterocycles. The van der Waals surface area contributed by atoms with Gasteiger partial charge in [-0.1, -0.05) is 15.9 Å². The largest absolute Gasteiger partial charge is 0.484 e. The molecule has 0 spiro atoms. The molecule has 0 saturated carbocycles. The Hall–Kier alpha value is -1.92. The van der Waals surface area contributed by atoms with E-state index < -0.39 is 5.82 Å². The molecule has 2 aromatic rings. The highest BCUT2D eigenvalue weighted by molar-refractivity contribution is 9.10. The first kappa shape index (κ1) is 15.5. The molecule has 4 nitrogen and oxygen atoms in total. The molecule has 110 valence electrons. The second-order valence-electron chi connectivity index (χ2n) is 4.30. The Bertz CT molecular complexity index is 631. The number of halogens is 2. The summed E-state index contributed by atoms with van der Waals surface area (Å²) in [4.78, 5) is 11.7. The Morgan fingerprint density at radius 3 is 2.62 bits per heavy atom. The van der Waals surface area contributed by atoms with Crippen molar-refractivity contribution in [2.75, 3.05) is 11.9 Å². The third-order valence-electron chi connectivity index (χ3n) is 2.61. The number of anilines is 1. The first-order chi connectivity index (χ1) is 10.1. The van der Waals surface area contributed by atoms with Crippen LogP contribution in [0.25, 0.3) is 0 Å². The van der Waals surface area contributed by atoms with Gasteiger partial charge < -0.3 is 15.2 Å². The van der Waals surface area contributed by atoms with E-state index in [4.69, 9.17) is 9.84 Å². The van der Waals surface area contributed by atoms with Crippen LogP contribution in [0.15, 0.2) is 46.9 Å². The average Bonchev–Trinajstić information content (AvgIpc) is 2.47. The Labute approximate surface area is 129 Å².